The van der Waals surface area contributed by atoms with Gasteiger partial charge in [-0.2, -0.15) is 9.97 Å². The quantitative estimate of drug-likeness (QED) is 0.515. The molecule has 3 aromatic heterocycles. The highest BCUT2D eigenvalue weighted by Crippen LogP contribution is 2.39. The van der Waals surface area contributed by atoms with Crippen molar-refractivity contribution < 1.29 is 14.3 Å². The van der Waals surface area contributed by atoms with Crippen LogP contribution in [0.1, 0.15) is 29.6 Å². The van der Waals surface area contributed by atoms with Crippen LogP contribution < -0.4 is 14.8 Å². The Morgan fingerprint density at radius 1 is 1.28 bits per heavy atom. The Morgan fingerprint density at radius 2 is 2.03 bits per heavy atom. The number of carbonyl (C=O) groups is 1. The lowest BCUT2D eigenvalue weighted by molar-refractivity contribution is -0.113. The second-order valence-corrected chi connectivity index (χ2v) is 8.34. The van der Waals surface area contributed by atoms with Crippen LogP contribution in [0.25, 0.3) is 0 Å². The zero-order valence-corrected chi connectivity index (χ0v) is 17.6. The molecule has 1 amide bonds. The van der Waals surface area contributed by atoms with Crippen LogP contribution in [0.4, 0.5) is 5.95 Å². The number of rotatable bonds is 9. The molecule has 0 aliphatic heterocycles. The van der Waals surface area contributed by atoms with E-state index in [9.17, 15) is 4.79 Å². The van der Waals surface area contributed by atoms with Gasteiger partial charge in [0.1, 0.15) is 5.82 Å². The summed E-state index contributed by atoms with van der Waals surface area (Å²) >= 11 is 3.07. The molecule has 0 saturated heterocycles. The number of aromatic nitrogens is 5. The summed E-state index contributed by atoms with van der Waals surface area (Å²) in [7, 11) is 2.98. The topological polar surface area (TPSA) is 104 Å². The number of nitrogens with one attached hydrogen (secondary N) is 1. The number of thiophene rings is 1. The van der Waals surface area contributed by atoms with Crippen molar-refractivity contribution in [1.29, 1.82) is 0 Å². The minimum Gasteiger partial charge on any atom is -0.481 e. The van der Waals surface area contributed by atoms with E-state index in [0.29, 0.717) is 17.8 Å². The molecular formula is C18H20N6O3S2. The molecule has 1 N–H and O–H groups in total. The first-order valence-electron chi connectivity index (χ1n) is 9.02. The van der Waals surface area contributed by atoms with Crippen molar-refractivity contribution in [2.45, 2.75) is 30.5 Å². The average Bonchev–Trinajstić information content (AvgIpc) is 3.28. The van der Waals surface area contributed by atoms with E-state index in [0.717, 1.165) is 30.2 Å². The number of hydrogen-bond acceptors (Lipinski definition) is 9. The van der Waals surface area contributed by atoms with E-state index in [1.165, 1.54) is 36.9 Å². The molecule has 1 aliphatic carbocycles. The van der Waals surface area contributed by atoms with Gasteiger partial charge >= 0.3 is 0 Å². The van der Waals surface area contributed by atoms with E-state index in [4.69, 9.17) is 9.47 Å². The van der Waals surface area contributed by atoms with Crippen molar-refractivity contribution in [2.75, 3.05) is 25.3 Å². The fourth-order valence-corrected chi connectivity index (χ4v) is 4.28. The molecule has 1 aliphatic rings. The lowest BCUT2D eigenvalue weighted by Gasteiger charge is -2.09. The summed E-state index contributed by atoms with van der Waals surface area (Å²) in [5.74, 6) is 1.63. The van der Waals surface area contributed by atoms with Gasteiger partial charge in [0.05, 0.1) is 26.0 Å². The maximum atomic E-state index is 12.4. The van der Waals surface area contributed by atoms with Crippen molar-refractivity contribution >= 4 is 35.0 Å². The van der Waals surface area contributed by atoms with Crippen LogP contribution in [0.3, 0.4) is 0 Å². The Hall–Kier alpha value is -2.66. The van der Waals surface area contributed by atoms with Crippen molar-refractivity contribution in [2.24, 2.45) is 0 Å². The van der Waals surface area contributed by atoms with Gasteiger partial charge in [-0.05, 0) is 24.3 Å². The molecule has 3 heterocycles. The van der Waals surface area contributed by atoms with Crippen LogP contribution in [0.2, 0.25) is 0 Å². The van der Waals surface area contributed by atoms with Gasteiger partial charge in [-0.1, -0.05) is 17.8 Å². The lowest BCUT2D eigenvalue weighted by Crippen LogP contribution is -2.17. The van der Waals surface area contributed by atoms with E-state index < -0.39 is 0 Å². The van der Waals surface area contributed by atoms with Gasteiger partial charge in [0, 0.05) is 17.3 Å². The predicted molar refractivity (Wildman–Crippen MR) is 110 cm³/mol. The van der Waals surface area contributed by atoms with Crippen LogP contribution >= 0.6 is 23.1 Å². The van der Waals surface area contributed by atoms with Crippen LogP contribution in [0.5, 0.6) is 11.8 Å². The third-order valence-corrected chi connectivity index (χ3v) is 6.06. The monoisotopic (exact) mass is 432 g/mol. The summed E-state index contributed by atoms with van der Waals surface area (Å²) in [4.78, 5) is 21.9. The molecule has 11 heteroatoms. The summed E-state index contributed by atoms with van der Waals surface area (Å²) in [5.41, 5.74) is 0. The van der Waals surface area contributed by atoms with Gasteiger partial charge in [0.2, 0.25) is 23.6 Å². The molecule has 1 saturated carbocycles. The number of methoxy groups -OCH3 is 2. The zero-order valence-electron chi connectivity index (χ0n) is 16.0. The SMILES string of the molecule is COc1cc(OC)nc(NC(=O)CSc2nnc(Cc3cccs3)n2C2CC2)n1. The number of anilines is 1. The van der Waals surface area contributed by atoms with Crippen LogP contribution in [-0.4, -0.2) is 50.6 Å². The summed E-state index contributed by atoms with van der Waals surface area (Å²) in [6, 6.07) is 6.10. The summed E-state index contributed by atoms with van der Waals surface area (Å²) < 4.78 is 12.4. The number of thioether (sulfide) groups is 1. The van der Waals surface area contributed by atoms with E-state index in [1.54, 1.807) is 11.3 Å². The van der Waals surface area contributed by atoms with Gasteiger partial charge in [-0.3, -0.25) is 10.1 Å². The Labute approximate surface area is 175 Å². The minimum atomic E-state index is -0.240. The van der Waals surface area contributed by atoms with Crippen molar-refractivity contribution in [3.63, 3.8) is 0 Å². The molecule has 3 aromatic rings. The van der Waals surface area contributed by atoms with E-state index >= 15 is 0 Å². The number of nitrogens with zero attached hydrogens (tertiary/aromatic N) is 5. The highest BCUT2D eigenvalue weighted by Gasteiger charge is 2.30. The first-order chi connectivity index (χ1) is 14.2. The third kappa shape index (κ3) is 4.85. The Kier molecular flexibility index (Phi) is 5.95. The van der Waals surface area contributed by atoms with Crippen molar-refractivity contribution in [1.82, 2.24) is 24.7 Å². The van der Waals surface area contributed by atoms with Crippen LogP contribution in [0.15, 0.2) is 28.7 Å². The second-order valence-electron chi connectivity index (χ2n) is 6.37. The normalized spacial score (nSPS) is 13.3. The largest absolute Gasteiger partial charge is 0.481 e. The zero-order chi connectivity index (χ0) is 20.2. The molecule has 0 atom stereocenters. The van der Waals surface area contributed by atoms with E-state index in [2.05, 4.69) is 41.5 Å². The number of ether oxygens (including phenoxy) is 2. The lowest BCUT2D eigenvalue weighted by atomic mass is 10.3. The smallest absolute Gasteiger partial charge is 0.237 e. The molecule has 29 heavy (non-hydrogen) atoms. The van der Waals surface area contributed by atoms with Gasteiger partial charge in [0.15, 0.2) is 5.16 Å². The molecule has 0 spiro atoms. The fourth-order valence-electron chi connectivity index (χ4n) is 2.75. The highest BCUT2D eigenvalue weighted by molar-refractivity contribution is 7.99. The summed E-state index contributed by atoms with van der Waals surface area (Å²) in [6.07, 6.45) is 2.99. The standard InChI is InChI=1S/C18H20N6O3S2/c1-26-15-9-16(27-2)21-17(20-15)19-14(25)10-29-18-23-22-13(24(18)11-5-6-11)8-12-4-3-7-28-12/h3-4,7,9,11H,5-6,8,10H2,1-2H3,(H,19,20,21,25). The summed E-state index contributed by atoms with van der Waals surface area (Å²) in [6.45, 7) is 0. The fraction of sp³-hybridized carbons (Fsp3) is 0.389. The maximum Gasteiger partial charge on any atom is 0.237 e. The third-order valence-electron chi connectivity index (χ3n) is 4.24. The van der Waals surface area contributed by atoms with Gasteiger partial charge < -0.3 is 14.0 Å². The molecule has 1 fully saturated rings. The minimum absolute atomic E-state index is 0.133. The van der Waals surface area contributed by atoms with E-state index in [1.807, 2.05) is 6.07 Å². The van der Waals surface area contributed by atoms with Gasteiger partial charge in [-0.15, -0.1) is 21.5 Å². The molecule has 4 rings (SSSR count). The first kappa shape index (κ1) is 19.6. The molecule has 0 unspecified atom stereocenters. The first-order valence-corrected chi connectivity index (χ1v) is 10.9. The average molecular weight is 433 g/mol. The van der Waals surface area contributed by atoms with Crippen LogP contribution in [-0.2, 0) is 11.2 Å². The van der Waals surface area contributed by atoms with Crippen molar-refractivity contribution in [3.8, 4) is 11.8 Å². The molecule has 0 radical (unpaired) electrons. The van der Waals surface area contributed by atoms with E-state index in [-0.39, 0.29) is 17.6 Å². The molecular weight excluding hydrogens is 412 g/mol. The number of hydrogen-bond donors (Lipinski definition) is 1. The number of carbonyl (C=O) groups excluding carboxylic acids is 1. The Balaban J connectivity index is 1.41. The molecule has 9 nitrogen and oxygen atoms in total. The second kappa shape index (κ2) is 8.78. The predicted octanol–water partition coefficient (Wildman–Crippen LogP) is 2.80. The summed E-state index contributed by atoms with van der Waals surface area (Å²) in [5, 5.41) is 14.2. The highest BCUT2D eigenvalue weighted by atomic mass is 32.2. The Morgan fingerprint density at radius 3 is 2.66 bits per heavy atom. The Bertz CT molecular complexity index is 965. The van der Waals surface area contributed by atoms with Gasteiger partial charge in [-0.25, -0.2) is 0 Å². The van der Waals surface area contributed by atoms with Crippen molar-refractivity contribution in [3.05, 3.63) is 34.3 Å². The number of amides is 1. The molecule has 0 bridgehead atoms. The molecule has 0 aromatic carbocycles. The molecule has 152 valence electrons. The maximum absolute atomic E-state index is 12.4. The van der Waals surface area contributed by atoms with Crippen LogP contribution in [0, 0.1) is 0 Å². The van der Waals surface area contributed by atoms with Gasteiger partial charge in [0.25, 0.3) is 0 Å².